The summed E-state index contributed by atoms with van der Waals surface area (Å²) in [6.45, 7) is 0. The normalized spacial score (nSPS) is 10.1. The highest BCUT2D eigenvalue weighted by Crippen LogP contribution is 2.24. The molecule has 0 aliphatic heterocycles. The summed E-state index contributed by atoms with van der Waals surface area (Å²) in [6, 6.07) is 1.84. The predicted octanol–water partition coefficient (Wildman–Crippen LogP) is 2.25. The van der Waals surface area contributed by atoms with Gasteiger partial charge in [0, 0.05) is 0 Å². The van der Waals surface area contributed by atoms with Crippen LogP contribution in [0.3, 0.4) is 0 Å². The highest BCUT2D eigenvalue weighted by Gasteiger charge is 2.16. The van der Waals surface area contributed by atoms with Gasteiger partial charge in [0.1, 0.15) is 0 Å². The largest absolute Gasteiger partial charge is 0.504 e. The molecule has 0 atom stereocenters. The minimum Gasteiger partial charge on any atom is -0.504 e. The van der Waals surface area contributed by atoms with Crippen molar-refractivity contribution in [3.8, 4) is 5.75 Å². The first-order valence-electron chi connectivity index (χ1n) is 3.34. The Labute approximate surface area is 81.3 Å². The van der Waals surface area contributed by atoms with Crippen molar-refractivity contribution in [2.75, 3.05) is 5.33 Å². The summed E-state index contributed by atoms with van der Waals surface area (Å²) >= 11 is 2.85. The second kappa shape index (κ2) is 3.83. The summed E-state index contributed by atoms with van der Waals surface area (Å²) in [5.41, 5.74) is -0.226. The Bertz CT molecular complexity index is 352. The fourth-order valence-electron chi connectivity index (χ4n) is 0.837. The Balaban J connectivity index is 3.26. The lowest BCUT2D eigenvalue weighted by Gasteiger charge is -2.02. The fourth-order valence-corrected chi connectivity index (χ4v) is 1.14. The van der Waals surface area contributed by atoms with E-state index in [1.807, 2.05) is 0 Å². The van der Waals surface area contributed by atoms with Crippen LogP contribution in [0, 0.1) is 11.6 Å². The molecule has 5 heteroatoms. The number of phenolic OH excluding ortho intramolecular Hbond substituents is 1. The van der Waals surface area contributed by atoms with Crippen molar-refractivity contribution in [2.24, 2.45) is 0 Å². The number of ketones is 1. The zero-order valence-corrected chi connectivity index (χ0v) is 7.94. The molecule has 0 aliphatic carbocycles. The standard InChI is InChI=1S/C8H5BrF2O2/c9-3-6(12)4-1-2-5(10)7(11)8(4)13/h1-2,13H,3H2. The first kappa shape index (κ1) is 10.1. The van der Waals surface area contributed by atoms with Gasteiger partial charge in [-0.15, -0.1) is 0 Å². The van der Waals surface area contributed by atoms with Crippen LogP contribution < -0.4 is 0 Å². The molecule has 13 heavy (non-hydrogen) atoms. The summed E-state index contributed by atoms with van der Waals surface area (Å²) in [5, 5.41) is 8.97. The number of alkyl halides is 1. The third-order valence-electron chi connectivity index (χ3n) is 1.49. The van der Waals surface area contributed by atoms with Gasteiger partial charge in [-0.2, -0.15) is 4.39 Å². The molecule has 0 radical (unpaired) electrons. The molecule has 1 N–H and O–H groups in total. The summed E-state index contributed by atoms with van der Waals surface area (Å²) < 4.78 is 25.2. The number of benzene rings is 1. The molecule has 70 valence electrons. The van der Waals surface area contributed by atoms with E-state index in [1.54, 1.807) is 0 Å². The maximum Gasteiger partial charge on any atom is 0.201 e. The third kappa shape index (κ3) is 1.85. The molecule has 0 unspecified atom stereocenters. The molecule has 2 nitrogen and oxygen atoms in total. The number of hydrogen-bond acceptors (Lipinski definition) is 2. The van der Waals surface area contributed by atoms with E-state index < -0.39 is 23.2 Å². The lowest BCUT2D eigenvalue weighted by atomic mass is 10.1. The second-order valence-corrected chi connectivity index (χ2v) is 2.88. The zero-order chi connectivity index (χ0) is 10.0. The van der Waals surface area contributed by atoms with Crippen molar-refractivity contribution in [1.82, 2.24) is 0 Å². The van der Waals surface area contributed by atoms with Crippen LogP contribution in [0.25, 0.3) is 0 Å². The van der Waals surface area contributed by atoms with Crippen molar-refractivity contribution in [2.45, 2.75) is 0 Å². The molecule has 0 aliphatic rings. The maximum absolute atomic E-state index is 12.7. The van der Waals surface area contributed by atoms with Gasteiger partial charge in [-0.25, -0.2) is 4.39 Å². The van der Waals surface area contributed by atoms with Crippen LogP contribution in [0.1, 0.15) is 10.4 Å². The van der Waals surface area contributed by atoms with Gasteiger partial charge in [0.15, 0.2) is 17.3 Å². The first-order valence-corrected chi connectivity index (χ1v) is 4.46. The first-order chi connectivity index (χ1) is 6.07. The second-order valence-electron chi connectivity index (χ2n) is 2.31. The van der Waals surface area contributed by atoms with Crippen molar-refractivity contribution >= 4 is 21.7 Å². The third-order valence-corrected chi connectivity index (χ3v) is 2.00. The average Bonchev–Trinajstić information content (AvgIpc) is 2.13. The SMILES string of the molecule is O=C(CBr)c1ccc(F)c(F)c1O. The quantitative estimate of drug-likeness (QED) is 0.646. The van der Waals surface area contributed by atoms with E-state index in [0.29, 0.717) is 0 Å². The summed E-state index contributed by atoms with van der Waals surface area (Å²) in [4.78, 5) is 11.0. The summed E-state index contributed by atoms with van der Waals surface area (Å²) in [6.07, 6.45) is 0. The van der Waals surface area contributed by atoms with E-state index in [9.17, 15) is 13.6 Å². The van der Waals surface area contributed by atoms with E-state index in [4.69, 9.17) is 5.11 Å². The van der Waals surface area contributed by atoms with Crippen LogP contribution in [-0.4, -0.2) is 16.2 Å². The molecule has 0 saturated heterocycles. The number of rotatable bonds is 2. The van der Waals surface area contributed by atoms with Gasteiger partial charge in [-0.1, -0.05) is 15.9 Å². The Kier molecular flexibility index (Phi) is 2.98. The molecule has 0 saturated carbocycles. The Morgan fingerprint density at radius 1 is 1.46 bits per heavy atom. The van der Waals surface area contributed by atoms with Crippen LogP contribution in [0.15, 0.2) is 12.1 Å². The van der Waals surface area contributed by atoms with E-state index in [2.05, 4.69) is 15.9 Å². The topological polar surface area (TPSA) is 37.3 Å². The summed E-state index contributed by atoms with van der Waals surface area (Å²) in [5.74, 6) is -4.02. The molecule has 0 spiro atoms. The number of carbonyl (C=O) groups excluding carboxylic acids is 1. The number of halogens is 3. The Morgan fingerprint density at radius 3 is 2.62 bits per heavy atom. The molecule has 0 amide bonds. The molecular weight excluding hydrogens is 246 g/mol. The predicted molar refractivity (Wildman–Crippen MR) is 46.1 cm³/mol. The summed E-state index contributed by atoms with van der Waals surface area (Å²) in [7, 11) is 0. The molecule has 1 aromatic carbocycles. The monoisotopic (exact) mass is 250 g/mol. The Hall–Kier alpha value is -0.970. The van der Waals surface area contributed by atoms with Crippen LogP contribution in [0.4, 0.5) is 8.78 Å². The van der Waals surface area contributed by atoms with Gasteiger partial charge in [0.2, 0.25) is 5.82 Å². The van der Waals surface area contributed by atoms with Crippen molar-refractivity contribution in [3.63, 3.8) is 0 Å². The highest BCUT2D eigenvalue weighted by atomic mass is 79.9. The minimum atomic E-state index is -1.40. The van der Waals surface area contributed by atoms with Gasteiger partial charge in [-0.05, 0) is 12.1 Å². The van der Waals surface area contributed by atoms with Crippen molar-refractivity contribution in [3.05, 3.63) is 29.3 Å². The van der Waals surface area contributed by atoms with Crippen LogP contribution in [0.5, 0.6) is 5.75 Å². The van der Waals surface area contributed by atoms with Crippen molar-refractivity contribution in [1.29, 1.82) is 0 Å². The maximum atomic E-state index is 12.7. The van der Waals surface area contributed by atoms with E-state index in [0.717, 1.165) is 12.1 Å². The number of aromatic hydroxyl groups is 1. The lowest BCUT2D eigenvalue weighted by Crippen LogP contribution is -2.02. The van der Waals surface area contributed by atoms with Crippen LogP contribution in [0.2, 0.25) is 0 Å². The van der Waals surface area contributed by atoms with Gasteiger partial charge < -0.3 is 5.11 Å². The number of carbonyl (C=O) groups is 1. The van der Waals surface area contributed by atoms with Gasteiger partial charge >= 0.3 is 0 Å². The number of Topliss-reactive ketones (excluding diaryl/α,β-unsaturated/α-hetero) is 1. The molecule has 1 rings (SSSR count). The van der Waals surface area contributed by atoms with E-state index in [1.165, 1.54) is 0 Å². The smallest absolute Gasteiger partial charge is 0.201 e. The molecule has 0 aromatic heterocycles. The van der Waals surface area contributed by atoms with Gasteiger partial charge in [0.05, 0.1) is 10.9 Å². The van der Waals surface area contributed by atoms with Gasteiger partial charge in [-0.3, -0.25) is 4.79 Å². The molecule has 0 bridgehead atoms. The lowest BCUT2D eigenvalue weighted by molar-refractivity contribution is 0.102. The van der Waals surface area contributed by atoms with E-state index in [-0.39, 0.29) is 10.9 Å². The molecule has 1 aromatic rings. The van der Waals surface area contributed by atoms with E-state index >= 15 is 0 Å². The van der Waals surface area contributed by atoms with Crippen LogP contribution >= 0.6 is 15.9 Å². The molecule has 0 fully saturated rings. The number of hydrogen-bond donors (Lipinski definition) is 1. The highest BCUT2D eigenvalue weighted by molar-refractivity contribution is 9.09. The minimum absolute atomic E-state index is 0.0500. The van der Waals surface area contributed by atoms with Gasteiger partial charge in [0.25, 0.3) is 0 Å². The average molecular weight is 251 g/mol. The van der Waals surface area contributed by atoms with Crippen molar-refractivity contribution < 1.29 is 18.7 Å². The fraction of sp³-hybridized carbons (Fsp3) is 0.125. The molecular formula is C8H5BrF2O2. The Morgan fingerprint density at radius 2 is 2.08 bits per heavy atom. The zero-order valence-electron chi connectivity index (χ0n) is 6.35. The molecule has 0 heterocycles. The van der Waals surface area contributed by atoms with Crippen LogP contribution in [-0.2, 0) is 0 Å². The number of phenols is 1.